The van der Waals surface area contributed by atoms with E-state index in [2.05, 4.69) is 5.32 Å². The molecule has 1 aromatic rings. The number of amides is 3. The SMILES string of the molecule is O=C(CN1C(=O)C2CCCN2C(=O)c2ccccc21)NC1CCCCCCC1. The average molecular weight is 383 g/mol. The Morgan fingerprint density at radius 1 is 0.964 bits per heavy atom. The second-order valence-corrected chi connectivity index (χ2v) is 8.21. The molecule has 1 N–H and O–H groups in total. The van der Waals surface area contributed by atoms with Gasteiger partial charge in [0.2, 0.25) is 11.8 Å². The van der Waals surface area contributed by atoms with Crippen LogP contribution in [-0.2, 0) is 9.59 Å². The number of benzene rings is 1. The van der Waals surface area contributed by atoms with E-state index in [9.17, 15) is 14.4 Å². The zero-order valence-electron chi connectivity index (χ0n) is 16.4. The molecule has 0 spiro atoms. The first kappa shape index (κ1) is 19.0. The number of hydrogen-bond donors (Lipinski definition) is 1. The van der Waals surface area contributed by atoms with Crippen LogP contribution in [0.15, 0.2) is 24.3 Å². The minimum Gasteiger partial charge on any atom is -0.352 e. The summed E-state index contributed by atoms with van der Waals surface area (Å²) in [5.41, 5.74) is 1.07. The van der Waals surface area contributed by atoms with Crippen molar-refractivity contribution in [3.8, 4) is 0 Å². The van der Waals surface area contributed by atoms with Crippen molar-refractivity contribution in [2.45, 2.75) is 69.9 Å². The molecular formula is C22H29N3O3. The van der Waals surface area contributed by atoms with E-state index < -0.39 is 6.04 Å². The number of para-hydroxylation sites is 1. The molecule has 2 fully saturated rings. The lowest BCUT2D eigenvalue weighted by atomic mass is 9.97. The van der Waals surface area contributed by atoms with E-state index in [1.807, 2.05) is 12.1 Å². The topological polar surface area (TPSA) is 69.7 Å². The molecule has 28 heavy (non-hydrogen) atoms. The Morgan fingerprint density at radius 3 is 2.46 bits per heavy atom. The number of fused-ring (bicyclic) bond motifs is 2. The largest absolute Gasteiger partial charge is 0.352 e. The molecule has 1 saturated heterocycles. The van der Waals surface area contributed by atoms with Crippen LogP contribution in [0.3, 0.4) is 0 Å². The number of nitrogens with zero attached hydrogens (tertiary/aromatic N) is 2. The van der Waals surface area contributed by atoms with Crippen LogP contribution in [0.5, 0.6) is 0 Å². The molecule has 0 radical (unpaired) electrons. The molecule has 1 unspecified atom stereocenters. The van der Waals surface area contributed by atoms with Crippen LogP contribution in [0.1, 0.15) is 68.1 Å². The highest BCUT2D eigenvalue weighted by molar-refractivity contribution is 6.12. The highest BCUT2D eigenvalue weighted by Gasteiger charge is 2.42. The standard InChI is InChI=1S/C22H29N3O3/c26-20(23-16-9-4-2-1-3-5-10-16)15-25-18-12-7-6-11-17(18)21(27)24-14-8-13-19(24)22(25)28/h6-7,11-12,16,19H,1-5,8-10,13-15H2,(H,23,26). The number of rotatable bonds is 3. The number of carbonyl (C=O) groups excluding carboxylic acids is 3. The van der Waals surface area contributed by atoms with Crippen LogP contribution in [0.2, 0.25) is 0 Å². The van der Waals surface area contributed by atoms with Gasteiger partial charge in [0.15, 0.2) is 0 Å². The number of nitrogens with one attached hydrogen (secondary N) is 1. The van der Waals surface area contributed by atoms with Crippen LogP contribution in [-0.4, -0.2) is 47.8 Å². The van der Waals surface area contributed by atoms with Crippen molar-refractivity contribution in [2.24, 2.45) is 0 Å². The summed E-state index contributed by atoms with van der Waals surface area (Å²) in [6.07, 6.45) is 9.52. The molecular weight excluding hydrogens is 354 g/mol. The van der Waals surface area contributed by atoms with Crippen molar-refractivity contribution in [3.05, 3.63) is 29.8 Å². The molecule has 2 heterocycles. The van der Waals surface area contributed by atoms with E-state index in [4.69, 9.17) is 0 Å². The van der Waals surface area contributed by atoms with Gasteiger partial charge in [-0.25, -0.2) is 0 Å². The zero-order valence-corrected chi connectivity index (χ0v) is 16.4. The van der Waals surface area contributed by atoms with Crippen LogP contribution in [0, 0.1) is 0 Å². The summed E-state index contributed by atoms with van der Waals surface area (Å²) in [4.78, 5) is 42.2. The van der Waals surface area contributed by atoms with Crippen molar-refractivity contribution < 1.29 is 14.4 Å². The molecule has 1 aromatic carbocycles. The fraction of sp³-hybridized carbons (Fsp3) is 0.591. The van der Waals surface area contributed by atoms with Gasteiger partial charge in [-0.1, -0.05) is 44.2 Å². The zero-order chi connectivity index (χ0) is 19.5. The molecule has 2 aliphatic heterocycles. The summed E-state index contributed by atoms with van der Waals surface area (Å²) in [6, 6.07) is 6.89. The van der Waals surface area contributed by atoms with E-state index in [0.29, 0.717) is 24.2 Å². The lowest BCUT2D eigenvalue weighted by Gasteiger charge is -2.27. The van der Waals surface area contributed by atoms with Gasteiger partial charge in [0, 0.05) is 12.6 Å². The van der Waals surface area contributed by atoms with Crippen LogP contribution < -0.4 is 10.2 Å². The Morgan fingerprint density at radius 2 is 1.68 bits per heavy atom. The second-order valence-electron chi connectivity index (χ2n) is 8.21. The Balaban J connectivity index is 1.53. The van der Waals surface area contributed by atoms with E-state index in [1.54, 1.807) is 17.0 Å². The maximum Gasteiger partial charge on any atom is 0.256 e. The molecule has 3 amide bonds. The van der Waals surface area contributed by atoms with Gasteiger partial charge in [-0.2, -0.15) is 0 Å². The van der Waals surface area contributed by atoms with Crippen molar-refractivity contribution in [1.29, 1.82) is 0 Å². The minimum absolute atomic E-state index is 0.0238. The summed E-state index contributed by atoms with van der Waals surface area (Å²) < 4.78 is 0. The lowest BCUT2D eigenvalue weighted by Crippen LogP contribution is -2.49. The molecule has 0 bridgehead atoms. The summed E-state index contributed by atoms with van der Waals surface area (Å²) >= 11 is 0. The number of carbonyl (C=O) groups is 3. The molecule has 6 nitrogen and oxygen atoms in total. The monoisotopic (exact) mass is 383 g/mol. The summed E-state index contributed by atoms with van der Waals surface area (Å²) in [5, 5.41) is 3.15. The Labute approximate surface area is 166 Å². The second kappa shape index (κ2) is 8.33. The molecule has 0 aromatic heterocycles. The normalized spacial score (nSPS) is 23.5. The Bertz CT molecular complexity index is 755. The first-order valence-electron chi connectivity index (χ1n) is 10.7. The maximum absolute atomic E-state index is 13.2. The highest BCUT2D eigenvalue weighted by atomic mass is 16.2. The van der Waals surface area contributed by atoms with E-state index in [1.165, 1.54) is 24.2 Å². The first-order valence-corrected chi connectivity index (χ1v) is 10.7. The Hall–Kier alpha value is -2.37. The number of hydrogen-bond acceptors (Lipinski definition) is 3. The van der Waals surface area contributed by atoms with Crippen molar-refractivity contribution in [2.75, 3.05) is 18.0 Å². The third kappa shape index (κ3) is 3.77. The van der Waals surface area contributed by atoms with E-state index >= 15 is 0 Å². The molecule has 3 aliphatic rings. The predicted molar refractivity (Wildman–Crippen MR) is 107 cm³/mol. The highest BCUT2D eigenvalue weighted by Crippen LogP contribution is 2.32. The molecule has 6 heteroatoms. The maximum atomic E-state index is 13.2. The smallest absolute Gasteiger partial charge is 0.256 e. The van der Waals surface area contributed by atoms with Crippen LogP contribution in [0.25, 0.3) is 0 Å². The Kier molecular flexibility index (Phi) is 5.64. The summed E-state index contributed by atoms with van der Waals surface area (Å²) in [6.45, 7) is 0.579. The van der Waals surface area contributed by atoms with Crippen LogP contribution in [0.4, 0.5) is 5.69 Å². The first-order chi connectivity index (χ1) is 13.6. The van der Waals surface area contributed by atoms with Crippen molar-refractivity contribution in [1.82, 2.24) is 10.2 Å². The minimum atomic E-state index is -0.450. The number of anilines is 1. The third-order valence-electron chi connectivity index (χ3n) is 6.26. The van der Waals surface area contributed by atoms with Gasteiger partial charge in [0.1, 0.15) is 12.6 Å². The van der Waals surface area contributed by atoms with Gasteiger partial charge in [0.25, 0.3) is 5.91 Å². The van der Waals surface area contributed by atoms with E-state index in [0.717, 1.165) is 32.1 Å². The van der Waals surface area contributed by atoms with Gasteiger partial charge >= 0.3 is 0 Å². The third-order valence-corrected chi connectivity index (χ3v) is 6.26. The van der Waals surface area contributed by atoms with E-state index in [-0.39, 0.29) is 30.3 Å². The molecule has 1 atom stereocenters. The molecule has 4 rings (SSSR count). The fourth-order valence-corrected chi connectivity index (χ4v) is 4.79. The van der Waals surface area contributed by atoms with Gasteiger partial charge in [-0.15, -0.1) is 0 Å². The van der Waals surface area contributed by atoms with Gasteiger partial charge < -0.3 is 15.1 Å². The van der Waals surface area contributed by atoms with Crippen molar-refractivity contribution >= 4 is 23.4 Å². The quantitative estimate of drug-likeness (QED) is 0.873. The van der Waals surface area contributed by atoms with Gasteiger partial charge in [0.05, 0.1) is 11.3 Å². The van der Waals surface area contributed by atoms with Gasteiger partial charge in [-0.3, -0.25) is 14.4 Å². The molecule has 150 valence electrons. The lowest BCUT2D eigenvalue weighted by molar-refractivity contribution is -0.126. The summed E-state index contributed by atoms with van der Waals surface area (Å²) in [7, 11) is 0. The van der Waals surface area contributed by atoms with Crippen molar-refractivity contribution in [3.63, 3.8) is 0 Å². The average Bonchev–Trinajstić information content (AvgIpc) is 3.14. The molecule has 1 aliphatic carbocycles. The summed E-state index contributed by atoms with van der Waals surface area (Å²) in [5.74, 6) is -0.370. The molecule has 1 saturated carbocycles. The fourth-order valence-electron chi connectivity index (χ4n) is 4.79. The van der Waals surface area contributed by atoms with Gasteiger partial charge in [-0.05, 0) is 37.8 Å². The van der Waals surface area contributed by atoms with Crippen LogP contribution >= 0.6 is 0 Å². The predicted octanol–water partition coefficient (Wildman–Crippen LogP) is 2.87.